The van der Waals surface area contributed by atoms with E-state index in [1.165, 1.54) is 0 Å². The van der Waals surface area contributed by atoms with Gasteiger partial charge in [0.15, 0.2) is 0 Å². The lowest BCUT2D eigenvalue weighted by molar-refractivity contribution is 0.0525. The van der Waals surface area contributed by atoms with E-state index < -0.39 is 0 Å². The van der Waals surface area contributed by atoms with Crippen LogP contribution in [0, 0.1) is 0 Å². The Kier molecular flexibility index (Phi) is 7.03. The van der Waals surface area contributed by atoms with Gasteiger partial charge in [-0.05, 0) is 64.1 Å². The van der Waals surface area contributed by atoms with Gasteiger partial charge in [0.05, 0.1) is 24.6 Å². The lowest BCUT2D eigenvalue weighted by atomic mass is 10.0. The molecule has 0 fully saturated rings. The Labute approximate surface area is 198 Å². The van der Waals surface area contributed by atoms with Crippen molar-refractivity contribution in [1.82, 2.24) is 4.57 Å². The summed E-state index contributed by atoms with van der Waals surface area (Å²) in [7, 11) is 0. The zero-order valence-electron chi connectivity index (χ0n) is 19.0. The summed E-state index contributed by atoms with van der Waals surface area (Å²) in [5.41, 5.74) is 5.57. The lowest BCUT2D eigenvalue weighted by Crippen LogP contribution is -2.06. The van der Waals surface area contributed by atoms with Crippen molar-refractivity contribution in [2.24, 2.45) is 21.9 Å². The van der Waals surface area contributed by atoms with Crippen LogP contribution in [0.4, 0.5) is 0 Å². The summed E-state index contributed by atoms with van der Waals surface area (Å²) in [5.74, 6) is 10.2. The monoisotopic (exact) mass is 453 g/mol. The molecule has 7 nitrogen and oxygen atoms in total. The van der Waals surface area contributed by atoms with Crippen LogP contribution in [0.3, 0.4) is 0 Å². The van der Waals surface area contributed by atoms with E-state index in [9.17, 15) is 4.79 Å². The van der Waals surface area contributed by atoms with E-state index in [-0.39, 0.29) is 5.97 Å². The van der Waals surface area contributed by atoms with E-state index in [1.807, 2.05) is 60.3 Å². The molecular formula is C27H27N5O2. The highest BCUT2D eigenvalue weighted by molar-refractivity contribution is 5.92. The van der Waals surface area contributed by atoms with Gasteiger partial charge in [-0.3, -0.25) is 0 Å². The Morgan fingerprint density at radius 2 is 1.56 bits per heavy atom. The average molecular weight is 454 g/mol. The lowest BCUT2D eigenvalue weighted by Gasteiger charge is -2.06. The number of carbonyl (C=O) groups excluding carboxylic acids is 1. The number of nitrogens with zero attached hydrogens (tertiary/aromatic N) is 3. The van der Waals surface area contributed by atoms with Gasteiger partial charge >= 0.3 is 5.97 Å². The highest BCUT2D eigenvalue weighted by Gasteiger charge is 2.16. The molecule has 7 heteroatoms. The zero-order chi connectivity index (χ0) is 23.9. The molecule has 0 atom stereocenters. The van der Waals surface area contributed by atoms with Gasteiger partial charge in [0, 0.05) is 18.9 Å². The maximum atomic E-state index is 12.6. The van der Waals surface area contributed by atoms with E-state index in [0.29, 0.717) is 25.1 Å². The SMILES string of the molecule is CCOC(=O)c1cn(Cc2ccc3ccc(C=NN)cc3c2)cc1Cc1ccc(C=NN)cc1. The quantitative estimate of drug-likeness (QED) is 0.182. The highest BCUT2D eigenvalue weighted by Crippen LogP contribution is 2.21. The number of hydrazone groups is 2. The number of esters is 1. The second-order valence-electron chi connectivity index (χ2n) is 8.01. The Balaban J connectivity index is 1.62. The number of hydrogen-bond acceptors (Lipinski definition) is 6. The van der Waals surface area contributed by atoms with Gasteiger partial charge in [-0.25, -0.2) is 4.79 Å². The van der Waals surface area contributed by atoms with Crippen molar-refractivity contribution >= 4 is 29.2 Å². The summed E-state index contributed by atoms with van der Waals surface area (Å²) >= 11 is 0. The number of fused-ring (bicyclic) bond motifs is 1. The Bertz CT molecular complexity index is 1350. The molecule has 0 spiro atoms. The summed E-state index contributed by atoms with van der Waals surface area (Å²) in [6, 6.07) is 20.3. The van der Waals surface area contributed by atoms with Gasteiger partial charge in [-0.15, -0.1) is 0 Å². The van der Waals surface area contributed by atoms with Crippen molar-refractivity contribution in [3.63, 3.8) is 0 Å². The number of ether oxygens (including phenoxy) is 1. The van der Waals surface area contributed by atoms with Crippen molar-refractivity contribution in [3.05, 3.63) is 106 Å². The van der Waals surface area contributed by atoms with Crippen LogP contribution in [-0.4, -0.2) is 29.6 Å². The van der Waals surface area contributed by atoms with Crippen molar-refractivity contribution in [2.45, 2.75) is 19.9 Å². The normalized spacial score (nSPS) is 11.6. The molecule has 4 aromatic rings. The predicted molar refractivity (Wildman–Crippen MR) is 136 cm³/mol. The van der Waals surface area contributed by atoms with Crippen LogP contribution in [0.2, 0.25) is 0 Å². The fourth-order valence-electron chi connectivity index (χ4n) is 4.00. The van der Waals surface area contributed by atoms with Crippen LogP contribution >= 0.6 is 0 Å². The number of aromatic nitrogens is 1. The van der Waals surface area contributed by atoms with E-state index in [0.717, 1.165) is 38.6 Å². The van der Waals surface area contributed by atoms with E-state index in [4.69, 9.17) is 16.4 Å². The third kappa shape index (κ3) is 5.32. The smallest absolute Gasteiger partial charge is 0.339 e. The summed E-state index contributed by atoms with van der Waals surface area (Å²) in [6.07, 6.45) is 7.72. The first kappa shape index (κ1) is 22.8. The fraction of sp³-hybridized carbons (Fsp3) is 0.148. The third-order valence-corrected chi connectivity index (χ3v) is 5.57. The van der Waals surface area contributed by atoms with Gasteiger partial charge in [-0.1, -0.05) is 48.5 Å². The average Bonchev–Trinajstić information content (AvgIpc) is 3.23. The van der Waals surface area contributed by atoms with Crippen LogP contribution < -0.4 is 11.7 Å². The molecule has 0 unspecified atom stereocenters. The number of benzene rings is 3. The molecule has 0 saturated carbocycles. The first-order chi connectivity index (χ1) is 16.6. The second-order valence-corrected chi connectivity index (χ2v) is 8.01. The molecule has 3 aromatic carbocycles. The summed E-state index contributed by atoms with van der Waals surface area (Å²) in [5, 5.41) is 9.41. The van der Waals surface area contributed by atoms with Crippen LogP contribution in [0.15, 0.2) is 83.3 Å². The molecule has 0 radical (unpaired) electrons. The molecule has 172 valence electrons. The number of hydrogen-bond donors (Lipinski definition) is 2. The molecule has 4 rings (SSSR count). The summed E-state index contributed by atoms with van der Waals surface area (Å²) in [6.45, 7) is 2.77. The standard InChI is InChI=1S/C27H27N5O2/c1-2-34-27(33)26-18-32(17-25(26)11-19-3-5-20(6-4-19)14-30-28)16-22-8-10-23-9-7-21(15-31-29)12-24(23)13-22/h3-10,12-15,17-18H,2,11,16,28-29H2,1H3. The summed E-state index contributed by atoms with van der Waals surface area (Å²) in [4.78, 5) is 12.6. The van der Waals surface area contributed by atoms with Crippen molar-refractivity contribution < 1.29 is 9.53 Å². The van der Waals surface area contributed by atoms with Gasteiger partial charge in [0.1, 0.15) is 0 Å². The third-order valence-electron chi connectivity index (χ3n) is 5.57. The van der Waals surface area contributed by atoms with Crippen molar-refractivity contribution in [3.8, 4) is 0 Å². The zero-order valence-corrected chi connectivity index (χ0v) is 19.0. The number of carbonyl (C=O) groups is 1. The summed E-state index contributed by atoms with van der Waals surface area (Å²) < 4.78 is 7.34. The maximum Gasteiger partial charge on any atom is 0.339 e. The first-order valence-corrected chi connectivity index (χ1v) is 11.0. The Morgan fingerprint density at radius 1 is 0.882 bits per heavy atom. The van der Waals surface area contributed by atoms with Crippen LogP contribution in [0.1, 0.15) is 45.1 Å². The van der Waals surface area contributed by atoms with Gasteiger partial charge in [0.2, 0.25) is 0 Å². The molecule has 0 aliphatic heterocycles. The Hall–Kier alpha value is -4.39. The van der Waals surface area contributed by atoms with Crippen molar-refractivity contribution in [1.29, 1.82) is 0 Å². The molecule has 34 heavy (non-hydrogen) atoms. The molecule has 0 aliphatic rings. The van der Waals surface area contributed by atoms with Crippen LogP contribution in [0.5, 0.6) is 0 Å². The molecular weight excluding hydrogens is 426 g/mol. The molecule has 0 saturated heterocycles. The molecule has 4 N–H and O–H groups in total. The van der Waals surface area contributed by atoms with Crippen molar-refractivity contribution in [2.75, 3.05) is 6.61 Å². The molecule has 1 aromatic heterocycles. The van der Waals surface area contributed by atoms with E-state index in [2.05, 4.69) is 34.5 Å². The largest absolute Gasteiger partial charge is 0.462 e. The molecule has 0 aliphatic carbocycles. The number of nitrogens with two attached hydrogens (primary N) is 2. The Morgan fingerprint density at radius 3 is 2.29 bits per heavy atom. The van der Waals surface area contributed by atoms with Gasteiger partial charge in [-0.2, -0.15) is 10.2 Å². The molecule has 1 heterocycles. The highest BCUT2D eigenvalue weighted by atomic mass is 16.5. The molecule has 0 bridgehead atoms. The first-order valence-electron chi connectivity index (χ1n) is 11.0. The fourth-order valence-corrected chi connectivity index (χ4v) is 4.00. The minimum atomic E-state index is -0.313. The second kappa shape index (κ2) is 10.5. The van der Waals surface area contributed by atoms with E-state index in [1.54, 1.807) is 12.4 Å². The van der Waals surface area contributed by atoms with Crippen LogP contribution in [-0.2, 0) is 17.7 Å². The van der Waals surface area contributed by atoms with Gasteiger partial charge < -0.3 is 21.0 Å². The molecule has 0 amide bonds. The predicted octanol–water partition coefficient (Wildman–Crippen LogP) is 4.04. The van der Waals surface area contributed by atoms with Gasteiger partial charge in [0.25, 0.3) is 0 Å². The maximum absolute atomic E-state index is 12.6. The minimum Gasteiger partial charge on any atom is -0.462 e. The topological polar surface area (TPSA) is 108 Å². The minimum absolute atomic E-state index is 0.313. The van der Waals surface area contributed by atoms with E-state index >= 15 is 0 Å². The number of rotatable bonds is 8. The van der Waals surface area contributed by atoms with Crippen LogP contribution in [0.25, 0.3) is 10.8 Å².